The van der Waals surface area contributed by atoms with Gasteiger partial charge in [0.15, 0.2) is 5.82 Å². The molecule has 234 valence electrons. The molecule has 9 heteroatoms. The molecule has 0 saturated heterocycles. The van der Waals surface area contributed by atoms with Gasteiger partial charge in [-0.3, -0.25) is 0 Å². The average molecular weight is 602 g/mol. The molecule has 0 aliphatic carbocycles. The number of aryl methyl sites for hydroxylation is 2. The summed E-state index contributed by atoms with van der Waals surface area (Å²) >= 11 is 0. The Labute approximate surface area is 260 Å². The summed E-state index contributed by atoms with van der Waals surface area (Å²) in [5.74, 6) is 0.0988. The van der Waals surface area contributed by atoms with Crippen molar-refractivity contribution >= 4 is 23.5 Å². The van der Waals surface area contributed by atoms with E-state index >= 15 is 0 Å². The number of phenols is 2. The first kappa shape index (κ1) is 34.0. The Hall–Kier alpha value is -4.50. The van der Waals surface area contributed by atoms with Crippen molar-refractivity contribution in [3.63, 3.8) is 0 Å². The number of nitrogens with one attached hydrogen (secondary N) is 2. The first-order chi connectivity index (χ1) is 21.4. The number of ether oxygens (including phenoxy) is 1. The number of hydrogen-bond donors (Lipinski definition) is 4. The second kappa shape index (κ2) is 18.2. The van der Waals surface area contributed by atoms with Crippen LogP contribution in [0.25, 0.3) is 11.1 Å². The van der Waals surface area contributed by atoms with E-state index in [1.807, 2.05) is 37.3 Å². The Bertz CT molecular complexity index is 1490. The van der Waals surface area contributed by atoms with Crippen LogP contribution in [0.2, 0.25) is 0 Å². The molecule has 0 unspecified atom stereocenters. The molecule has 0 saturated carbocycles. The lowest BCUT2D eigenvalue weighted by atomic mass is 10.0. The third kappa shape index (κ3) is 11.0. The fourth-order valence-electron chi connectivity index (χ4n) is 4.35. The van der Waals surface area contributed by atoms with Crippen LogP contribution in [0, 0.1) is 5.82 Å². The zero-order valence-corrected chi connectivity index (χ0v) is 26.1. The molecule has 8 nitrogen and oxygen atoms in total. The summed E-state index contributed by atoms with van der Waals surface area (Å²) in [6, 6.07) is 18.1. The molecule has 0 aliphatic heterocycles. The predicted molar refractivity (Wildman–Crippen MR) is 178 cm³/mol. The van der Waals surface area contributed by atoms with Gasteiger partial charge in [0, 0.05) is 30.7 Å². The molecule has 0 fully saturated rings. The van der Waals surface area contributed by atoms with Crippen LogP contribution in [0.1, 0.15) is 70.2 Å². The van der Waals surface area contributed by atoms with E-state index in [0.29, 0.717) is 12.1 Å². The van der Waals surface area contributed by atoms with Crippen molar-refractivity contribution in [3.05, 3.63) is 89.5 Å². The lowest BCUT2D eigenvalue weighted by Crippen LogP contribution is -2.03. The second-order valence-electron chi connectivity index (χ2n) is 10.3. The summed E-state index contributed by atoms with van der Waals surface area (Å²) in [5, 5.41) is 27.7. The van der Waals surface area contributed by atoms with Crippen molar-refractivity contribution < 1.29 is 19.3 Å². The smallest absolute Gasteiger partial charge is 0.243 e. The number of halogens is 1. The van der Waals surface area contributed by atoms with Gasteiger partial charge in [0.2, 0.25) is 5.95 Å². The highest BCUT2D eigenvalue weighted by Gasteiger charge is 2.08. The van der Waals surface area contributed by atoms with Gasteiger partial charge in [-0.05, 0) is 84.3 Å². The van der Waals surface area contributed by atoms with E-state index in [1.54, 1.807) is 36.5 Å². The van der Waals surface area contributed by atoms with Crippen molar-refractivity contribution in [1.82, 2.24) is 9.97 Å². The van der Waals surface area contributed by atoms with Gasteiger partial charge in [-0.15, -0.1) is 0 Å². The quantitative estimate of drug-likeness (QED) is 0.0650. The normalized spacial score (nSPS) is 10.8. The van der Waals surface area contributed by atoms with Crippen molar-refractivity contribution in [2.75, 3.05) is 24.0 Å². The third-order valence-electron chi connectivity index (χ3n) is 6.56. The van der Waals surface area contributed by atoms with Crippen LogP contribution < -0.4 is 10.7 Å². The summed E-state index contributed by atoms with van der Waals surface area (Å²) in [5.41, 5.74) is 8.31. The van der Waals surface area contributed by atoms with E-state index < -0.39 is 5.82 Å². The van der Waals surface area contributed by atoms with E-state index in [9.17, 15) is 14.6 Å². The SMILES string of the molecule is CCCCOCCC.CCCc1cc(Nc2cc(O)cc(-c3cccc(O)c3)c2)ccc1/C=N/Nc1ncc(F)c(CC)n1. The van der Waals surface area contributed by atoms with Crippen LogP contribution in [-0.2, 0) is 17.6 Å². The molecule has 4 N–H and O–H groups in total. The number of phenolic OH excluding ortho intramolecular Hbond substituents is 2. The maximum atomic E-state index is 13.6. The Morgan fingerprint density at radius 3 is 2.41 bits per heavy atom. The molecule has 0 aliphatic rings. The Kier molecular flexibility index (Phi) is 14.1. The van der Waals surface area contributed by atoms with Crippen LogP contribution in [-0.4, -0.2) is 39.6 Å². The average Bonchev–Trinajstić information content (AvgIpc) is 3.01. The van der Waals surface area contributed by atoms with E-state index in [4.69, 9.17) is 4.74 Å². The summed E-state index contributed by atoms with van der Waals surface area (Å²) < 4.78 is 18.8. The highest BCUT2D eigenvalue weighted by Crippen LogP contribution is 2.31. The summed E-state index contributed by atoms with van der Waals surface area (Å²) in [6.45, 7) is 10.1. The van der Waals surface area contributed by atoms with Crippen molar-refractivity contribution in [2.24, 2.45) is 5.10 Å². The Morgan fingerprint density at radius 1 is 0.864 bits per heavy atom. The van der Waals surface area contributed by atoms with Crippen LogP contribution in [0.4, 0.5) is 21.7 Å². The molecule has 0 amide bonds. The minimum absolute atomic E-state index is 0.121. The molecule has 44 heavy (non-hydrogen) atoms. The standard InChI is InChI=1S/C28H28FN5O2.C7H16O/c1-3-6-18-11-22(10-9-20(18)16-31-34-28-30-17-26(29)27(4-2)33-28)32-23-12-21(14-25(36)15-23)19-7-5-8-24(35)13-19;1-3-5-7-8-6-4-2/h5,7-17,32,35-36H,3-4,6H2,1-2H3,(H,30,33,34);3-7H2,1-2H3/b31-16+;. The minimum Gasteiger partial charge on any atom is -0.508 e. The van der Waals surface area contributed by atoms with E-state index in [0.717, 1.165) is 72.3 Å². The number of hydrogen-bond acceptors (Lipinski definition) is 8. The predicted octanol–water partition coefficient (Wildman–Crippen LogP) is 8.61. The van der Waals surface area contributed by atoms with E-state index in [-0.39, 0.29) is 17.4 Å². The summed E-state index contributed by atoms with van der Waals surface area (Å²) in [6.07, 6.45) is 8.69. The third-order valence-corrected chi connectivity index (χ3v) is 6.56. The fourth-order valence-corrected chi connectivity index (χ4v) is 4.35. The monoisotopic (exact) mass is 601 g/mol. The number of aromatic nitrogens is 2. The number of unbranched alkanes of at least 4 members (excludes halogenated alkanes) is 1. The van der Waals surface area contributed by atoms with E-state index in [2.05, 4.69) is 46.6 Å². The number of rotatable bonds is 14. The molecule has 0 bridgehead atoms. The van der Waals surface area contributed by atoms with Crippen LogP contribution in [0.5, 0.6) is 11.5 Å². The first-order valence-electron chi connectivity index (χ1n) is 15.3. The van der Waals surface area contributed by atoms with Gasteiger partial charge in [-0.25, -0.2) is 19.8 Å². The Morgan fingerprint density at radius 2 is 1.68 bits per heavy atom. The maximum absolute atomic E-state index is 13.6. The molecule has 3 aromatic carbocycles. The molecule has 0 spiro atoms. The number of benzene rings is 3. The molecule has 0 radical (unpaired) electrons. The lowest BCUT2D eigenvalue weighted by Gasteiger charge is -2.13. The zero-order chi connectivity index (χ0) is 31.7. The van der Waals surface area contributed by atoms with Gasteiger partial charge in [0.05, 0.1) is 18.1 Å². The van der Waals surface area contributed by atoms with Crippen molar-refractivity contribution in [2.45, 2.75) is 66.2 Å². The number of anilines is 3. The van der Waals surface area contributed by atoms with Crippen LogP contribution in [0.3, 0.4) is 0 Å². The summed E-state index contributed by atoms with van der Waals surface area (Å²) in [7, 11) is 0. The van der Waals surface area contributed by atoms with Crippen LogP contribution in [0.15, 0.2) is 72.0 Å². The molecular weight excluding hydrogens is 557 g/mol. The second-order valence-corrected chi connectivity index (χ2v) is 10.3. The Balaban J connectivity index is 0.000000583. The van der Waals surface area contributed by atoms with Gasteiger partial charge >= 0.3 is 0 Å². The first-order valence-corrected chi connectivity index (χ1v) is 15.3. The highest BCUT2D eigenvalue weighted by atomic mass is 19.1. The molecule has 1 heterocycles. The van der Waals surface area contributed by atoms with Crippen molar-refractivity contribution in [3.8, 4) is 22.6 Å². The molecule has 0 atom stereocenters. The maximum Gasteiger partial charge on any atom is 0.243 e. The molecule has 4 rings (SSSR count). The van der Waals surface area contributed by atoms with Crippen molar-refractivity contribution in [1.29, 1.82) is 0 Å². The van der Waals surface area contributed by atoms with Gasteiger partial charge in [0.25, 0.3) is 0 Å². The number of aromatic hydroxyl groups is 2. The molecule has 1 aromatic heterocycles. The zero-order valence-electron chi connectivity index (χ0n) is 26.1. The van der Waals surface area contributed by atoms with Crippen LogP contribution >= 0.6 is 0 Å². The van der Waals surface area contributed by atoms with Gasteiger partial charge in [-0.1, -0.05) is 58.7 Å². The van der Waals surface area contributed by atoms with Gasteiger partial charge < -0.3 is 20.3 Å². The lowest BCUT2D eigenvalue weighted by molar-refractivity contribution is 0.132. The molecular formula is C35H44FN5O3. The molecule has 4 aromatic rings. The fraction of sp³-hybridized carbons (Fsp3) is 0.343. The van der Waals surface area contributed by atoms with E-state index in [1.165, 1.54) is 12.8 Å². The number of hydrazone groups is 1. The van der Waals surface area contributed by atoms with Gasteiger partial charge in [0.1, 0.15) is 11.5 Å². The largest absolute Gasteiger partial charge is 0.508 e. The number of nitrogens with zero attached hydrogens (tertiary/aromatic N) is 3. The highest BCUT2D eigenvalue weighted by molar-refractivity contribution is 5.84. The topological polar surface area (TPSA) is 112 Å². The summed E-state index contributed by atoms with van der Waals surface area (Å²) in [4.78, 5) is 8.05. The van der Waals surface area contributed by atoms with Gasteiger partial charge in [-0.2, -0.15) is 5.10 Å². The minimum atomic E-state index is -0.430.